The lowest BCUT2D eigenvalue weighted by Crippen LogP contribution is -2.28. The van der Waals surface area contributed by atoms with Crippen LogP contribution in [0.15, 0.2) is 12.1 Å². The van der Waals surface area contributed by atoms with E-state index in [0.29, 0.717) is 19.5 Å². The zero-order valence-corrected chi connectivity index (χ0v) is 12.8. The van der Waals surface area contributed by atoms with Gasteiger partial charge in [-0.3, -0.25) is 0 Å². The molecule has 1 saturated heterocycles. The summed E-state index contributed by atoms with van der Waals surface area (Å²) in [6.07, 6.45) is 2.63. The quantitative estimate of drug-likeness (QED) is 0.901. The molecule has 0 atom stereocenters. The van der Waals surface area contributed by atoms with Crippen LogP contribution < -0.4 is 10.6 Å². The molecular weight excluding hydrogens is 274 g/mol. The molecule has 0 aliphatic carbocycles. The number of nitrogens with two attached hydrogens (primary N) is 1. The summed E-state index contributed by atoms with van der Waals surface area (Å²) in [5.41, 5.74) is 7.85. The molecule has 0 aromatic carbocycles. The summed E-state index contributed by atoms with van der Waals surface area (Å²) in [6, 6.07) is 4.03. The van der Waals surface area contributed by atoms with E-state index in [4.69, 9.17) is 5.73 Å². The van der Waals surface area contributed by atoms with Gasteiger partial charge in [-0.25, -0.2) is 13.4 Å². The third-order valence-electron chi connectivity index (χ3n) is 3.55. The Morgan fingerprint density at radius 3 is 2.80 bits per heavy atom. The van der Waals surface area contributed by atoms with Crippen LogP contribution in [0.25, 0.3) is 0 Å². The van der Waals surface area contributed by atoms with Gasteiger partial charge in [0.2, 0.25) is 0 Å². The van der Waals surface area contributed by atoms with Crippen LogP contribution in [0.5, 0.6) is 0 Å². The zero-order valence-electron chi connectivity index (χ0n) is 12.0. The molecule has 112 valence electrons. The number of hydrogen-bond donors (Lipinski definition) is 1. The number of aromatic nitrogens is 1. The second-order valence-electron chi connectivity index (χ2n) is 5.27. The topological polar surface area (TPSA) is 76.3 Å². The number of anilines is 1. The Morgan fingerprint density at radius 1 is 1.30 bits per heavy atom. The van der Waals surface area contributed by atoms with Crippen molar-refractivity contribution in [2.45, 2.75) is 32.7 Å². The maximum atomic E-state index is 11.7. The number of nitrogens with zero attached hydrogens (tertiary/aromatic N) is 2. The second-order valence-corrected chi connectivity index (χ2v) is 7.58. The molecule has 1 aromatic rings. The van der Waals surface area contributed by atoms with Crippen LogP contribution in [0.1, 0.15) is 31.0 Å². The van der Waals surface area contributed by atoms with Gasteiger partial charge in [0.05, 0.1) is 11.5 Å². The molecule has 0 saturated carbocycles. The molecule has 5 nitrogen and oxygen atoms in total. The molecule has 0 spiro atoms. The summed E-state index contributed by atoms with van der Waals surface area (Å²) in [7, 11) is -2.89. The molecule has 6 heteroatoms. The fourth-order valence-electron chi connectivity index (χ4n) is 2.46. The zero-order chi connectivity index (χ0) is 14.6. The molecule has 1 fully saturated rings. The molecule has 20 heavy (non-hydrogen) atoms. The Hall–Kier alpha value is -1.14. The molecule has 0 unspecified atom stereocenters. The summed E-state index contributed by atoms with van der Waals surface area (Å²) in [4.78, 5) is 6.73. The van der Waals surface area contributed by atoms with Crippen molar-refractivity contribution in [2.75, 3.05) is 29.5 Å². The summed E-state index contributed by atoms with van der Waals surface area (Å²) in [5, 5.41) is 0. The molecule has 2 N–H and O–H groups in total. The van der Waals surface area contributed by atoms with Crippen molar-refractivity contribution < 1.29 is 8.42 Å². The van der Waals surface area contributed by atoms with Crippen LogP contribution >= 0.6 is 0 Å². The molecule has 1 aromatic heterocycles. The van der Waals surface area contributed by atoms with Gasteiger partial charge in [-0.2, -0.15) is 0 Å². The summed E-state index contributed by atoms with van der Waals surface area (Å²) in [5.74, 6) is 1.36. The lowest BCUT2D eigenvalue weighted by molar-refractivity contribution is 0.597. The number of aryl methyl sites for hydroxylation is 1. The lowest BCUT2D eigenvalue weighted by Gasteiger charge is -2.22. The first kappa shape index (κ1) is 15.3. The van der Waals surface area contributed by atoms with Gasteiger partial charge in [0, 0.05) is 25.3 Å². The Bertz CT molecular complexity index is 558. The number of rotatable bonds is 4. The lowest BCUT2D eigenvalue weighted by atomic mass is 10.1. The van der Waals surface area contributed by atoms with Crippen molar-refractivity contribution in [2.24, 2.45) is 5.73 Å². The fourth-order valence-corrected chi connectivity index (χ4v) is 3.74. The van der Waals surface area contributed by atoms with Crippen molar-refractivity contribution in [1.82, 2.24) is 4.98 Å². The van der Waals surface area contributed by atoms with E-state index >= 15 is 0 Å². The van der Waals surface area contributed by atoms with Gasteiger partial charge in [0.15, 0.2) is 9.84 Å². The van der Waals surface area contributed by atoms with Crippen molar-refractivity contribution in [3.8, 4) is 0 Å². The maximum absolute atomic E-state index is 11.7. The van der Waals surface area contributed by atoms with Gasteiger partial charge in [0.25, 0.3) is 0 Å². The van der Waals surface area contributed by atoms with Crippen molar-refractivity contribution in [3.05, 3.63) is 23.4 Å². The molecule has 0 amide bonds. The SMILES string of the molecule is CCCc1cc(CN)cc(N2CCCS(=O)(=O)CC2)n1. The number of pyridine rings is 1. The Balaban J connectivity index is 2.24. The van der Waals surface area contributed by atoms with E-state index in [9.17, 15) is 8.42 Å². The third kappa shape index (κ3) is 3.93. The van der Waals surface area contributed by atoms with E-state index in [1.165, 1.54) is 0 Å². The van der Waals surface area contributed by atoms with E-state index in [-0.39, 0.29) is 11.5 Å². The maximum Gasteiger partial charge on any atom is 0.152 e. The first-order valence-electron chi connectivity index (χ1n) is 7.19. The molecule has 0 bridgehead atoms. The van der Waals surface area contributed by atoms with Gasteiger partial charge < -0.3 is 10.6 Å². The largest absolute Gasteiger partial charge is 0.356 e. The molecule has 0 radical (unpaired) electrons. The normalized spacial score (nSPS) is 18.8. The first-order valence-corrected chi connectivity index (χ1v) is 9.01. The second kappa shape index (κ2) is 6.54. The first-order chi connectivity index (χ1) is 9.54. The highest BCUT2D eigenvalue weighted by atomic mass is 32.2. The van der Waals surface area contributed by atoms with Crippen LogP contribution in [0.2, 0.25) is 0 Å². The monoisotopic (exact) mass is 297 g/mol. The summed E-state index contributed by atoms with van der Waals surface area (Å²) < 4.78 is 23.3. The van der Waals surface area contributed by atoms with E-state index in [1.54, 1.807) is 0 Å². The smallest absolute Gasteiger partial charge is 0.152 e. The minimum absolute atomic E-state index is 0.213. The van der Waals surface area contributed by atoms with E-state index in [2.05, 4.69) is 16.8 Å². The van der Waals surface area contributed by atoms with Crippen LogP contribution in [0.4, 0.5) is 5.82 Å². The van der Waals surface area contributed by atoms with Crippen LogP contribution in [-0.2, 0) is 22.8 Å². The fraction of sp³-hybridized carbons (Fsp3) is 0.643. The molecule has 1 aliphatic heterocycles. The average molecular weight is 297 g/mol. The Labute approximate surface area is 121 Å². The molecule has 2 heterocycles. The van der Waals surface area contributed by atoms with Crippen LogP contribution in [0, 0.1) is 0 Å². The minimum Gasteiger partial charge on any atom is -0.356 e. The van der Waals surface area contributed by atoms with Gasteiger partial charge in [-0.15, -0.1) is 0 Å². The molecule has 2 rings (SSSR count). The number of hydrogen-bond acceptors (Lipinski definition) is 5. The van der Waals surface area contributed by atoms with E-state index in [0.717, 1.165) is 36.5 Å². The standard InChI is InChI=1S/C14H23N3O2S/c1-2-4-13-9-12(11-15)10-14(16-13)17-5-3-7-20(18,19)8-6-17/h9-10H,2-8,11,15H2,1H3. The molecular formula is C14H23N3O2S. The Morgan fingerprint density at radius 2 is 2.10 bits per heavy atom. The van der Waals surface area contributed by atoms with Crippen LogP contribution in [-0.4, -0.2) is 38.0 Å². The third-order valence-corrected chi connectivity index (χ3v) is 5.26. The number of sulfone groups is 1. The predicted molar refractivity (Wildman–Crippen MR) is 81.6 cm³/mol. The van der Waals surface area contributed by atoms with Gasteiger partial charge in [0.1, 0.15) is 5.82 Å². The van der Waals surface area contributed by atoms with Crippen molar-refractivity contribution in [1.29, 1.82) is 0 Å². The van der Waals surface area contributed by atoms with Crippen molar-refractivity contribution >= 4 is 15.7 Å². The van der Waals surface area contributed by atoms with Crippen molar-refractivity contribution in [3.63, 3.8) is 0 Å². The molecule has 1 aliphatic rings. The van der Waals surface area contributed by atoms with Crippen LogP contribution in [0.3, 0.4) is 0 Å². The average Bonchev–Trinajstić information content (AvgIpc) is 2.59. The summed E-state index contributed by atoms with van der Waals surface area (Å²) >= 11 is 0. The Kier molecular flexibility index (Phi) is 4.99. The van der Waals surface area contributed by atoms with Gasteiger partial charge in [-0.05, 0) is 30.5 Å². The highest BCUT2D eigenvalue weighted by Gasteiger charge is 2.20. The van der Waals surface area contributed by atoms with Gasteiger partial charge in [-0.1, -0.05) is 13.3 Å². The summed E-state index contributed by atoms with van der Waals surface area (Å²) in [6.45, 7) is 3.87. The van der Waals surface area contributed by atoms with Gasteiger partial charge >= 0.3 is 0 Å². The highest BCUT2D eigenvalue weighted by Crippen LogP contribution is 2.18. The highest BCUT2D eigenvalue weighted by molar-refractivity contribution is 7.91. The van der Waals surface area contributed by atoms with E-state index in [1.807, 2.05) is 12.1 Å². The van der Waals surface area contributed by atoms with E-state index < -0.39 is 9.84 Å². The predicted octanol–water partition coefficient (Wildman–Crippen LogP) is 1.12. The minimum atomic E-state index is -2.89.